The Morgan fingerprint density at radius 2 is 0.730 bits per heavy atom. The van der Waals surface area contributed by atoms with Crippen LogP contribution in [0.15, 0.2) is 0 Å². The number of aliphatic hydroxyl groups excluding tert-OH is 1. The maximum Gasteiger partial charge on any atom is 0.394 e. The van der Waals surface area contributed by atoms with Crippen LogP contribution in [-0.2, 0) is 53.0 Å². The normalized spacial score (nSPS) is 12.4. The van der Waals surface area contributed by atoms with Gasteiger partial charge in [-0.25, -0.2) is 0 Å². The maximum atomic E-state index is 8.74. The van der Waals surface area contributed by atoms with Crippen LogP contribution in [0, 0.1) is 0 Å². The van der Waals surface area contributed by atoms with Crippen molar-refractivity contribution in [2.45, 2.75) is 26.4 Å². The van der Waals surface area contributed by atoms with Gasteiger partial charge < -0.3 is 47.7 Å². The summed E-state index contributed by atoms with van der Waals surface area (Å²) < 4.78 is 80.0. The molecule has 0 spiro atoms. The molecule has 0 aliphatic rings. The van der Waals surface area contributed by atoms with Crippen molar-refractivity contribution in [1.29, 1.82) is 0 Å². The van der Waals surface area contributed by atoms with E-state index in [4.69, 9.17) is 65.3 Å². The van der Waals surface area contributed by atoms with Crippen LogP contribution in [0.4, 0.5) is 0 Å². The molecule has 0 heterocycles. The zero-order valence-corrected chi connectivity index (χ0v) is 23.1. The minimum atomic E-state index is -4.67. The van der Waals surface area contributed by atoms with Gasteiger partial charge in [0.15, 0.2) is 0 Å². The third kappa shape index (κ3) is 45.8. The van der Waals surface area contributed by atoms with Crippen LogP contribution in [-0.4, -0.2) is 148 Å². The molecule has 0 aromatic carbocycles. The lowest BCUT2D eigenvalue weighted by molar-refractivity contribution is -0.0282. The van der Waals surface area contributed by atoms with E-state index < -0.39 is 10.4 Å². The maximum absolute atomic E-state index is 8.74. The number of aliphatic hydroxyl groups is 1. The van der Waals surface area contributed by atoms with E-state index in [-0.39, 0.29) is 12.7 Å². The first-order valence-corrected chi connectivity index (χ1v) is 13.7. The molecular weight excluding hydrogens is 520 g/mol. The second kappa shape index (κ2) is 31.7. The van der Waals surface area contributed by atoms with Gasteiger partial charge in [-0.15, -0.1) is 0 Å². The highest BCUT2D eigenvalue weighted by atomic mass is 32.3. The summed E-state index contributed by atoms with van der Waals surface area (Å²) in [7, 11) is -4.67. The van der Waals surface area contributed by atoms with E-state index in [1.54, 1.807) is 0 Å². The molecule has 37 heavy (non-hydrogen) atoms. The topological polar surface area (TPSA) is 178 Å². The number of hydrogen-bond donors (Lipinski definition) is 3. The van der Waals surface area contributed by atoms with Crippen LogP contribution in [0.1, 0.15) is 20.3 Å². The molecule has 0 aromatic heterocycles. The summed E-state index contributed by atoms with van der Waals surface area (Å²) in [6.45, 7) is 13.1. The molecule has 0 aliphatic carbocycles. The Morgan fingerprint density at radius 3 is 0.946 bits per heavy atom. The summed E-state index contributed by atoms with van der Waals surface area (Å²) >= 11 is 0. The second-order valence-electron chi connectivity index (χ2n) is 7.16. The van der Waals surface area contributed by atoms with Crippen LogP contribution in [0.25, 0.3) is 0 Å². The number of hydrogen-bond acceptors (Lipinski definition) is 12. The Balaban J connectivity index is 0. The van der Waals surface area contributed by atoms with E-state index in [1.165, 1.54) is 0 Å². The SMILES string of the molecule is CCC(C)OCCOCCOCCOCCOCCOCCOCCOCCOCCO.O=S(=O)(O)O. The van der Waals surface area contributed by atoms with Gasteiger partial charge in [-0.3, -0.25) is 9.11 Å². The fourth-order valence-corrected chi connectivity index (χ4v) is 2.13. The van der Waals surface area contributed by atoms with E-state index >= 15 is 0 Å². The van der Waals surface area contributed by atoms with Crippen LogP contribution < -0.4 is 0 Å². The first-order valence-electron chi connectivity index (χ1n) is 12.4. The summed E-state index contributed by atoms with van der Waals surface area (Å²) in [5.74, 6) is 0. The van der Waals surface area contributed by atoms with E-state index in [0.717, 1.165) is 6.42 Å². The molecule has 14 nitrogen and oxygen atoms in total. The van der Waals surface area contributed by atoms with E-state index in [0.29, 0.717) is 112 Å². The lowest BCUT2D eigenvalue weighted by Crippen LogP contribution is -2.15. The Labute approximate surface area is 221 Å². The quantitative estimate of drug-likeness (QED) is 0.0865. The average Bonchev–Trinajstić information content (AvgIpc) is 2.85. The highest BCUT2D eigenvalue weighted by Crippen LogP contribution is 1.94. The summed E-state index contributed by atoms with van der Waals surface area (Å²) in [5.41, 5.74) is 0. The van der Waals surface area contributed by atoms with Crippen molar-refractivity contribution in [1.82, 2.24) is 0 Å². The third-order valence-corrected chi connectivity index (χ3v) is 4.04. The number of rotatable bonds is 28. The lowest BCUT2D eigenvalue weighted by Gasteiger charge is -2.11. The van der Waals surface area contributed by atoms with Crippen molar-refractivity contribution in [3.63, 3.8) is 0 Å². The van der Waals surface area contributed by atoms with Gasteiger partial charge in [0.2, 0.25) is 0 Å². The van der Waals surface area contributed by atoms with Crippen molar-refractivity contribution in [3.05, 3.63) is 0 Å². The van der Waals surface area contributed by atoms with Crippen LogP contribution in [0.5, 0.6) is 0 Å². The molecule has 3 N–H and O–H groups in total. The molecule has 0 bridgehead atoms. The molecule has 0 saturated carbocycles. The molecule has 0 rings (SSSR count). The summed E-state index contributed by atoms with van der Waals surface area (Å²) in [4.78, 5) is 0. The van der Waals surface area contributed by atoms with Crippen molar-refractivity contribution in [2.75, 3.05) is 119 Å². The van der Waals surface area contributed by atoms with Crippen LogP contribution in [0.3, 0.4) is 0 Å². The van der Waals surface area contributed by atoms with E-state index in [9.17, 15) is 0 Å². The lowest BCUT2D eigenvalue weighted by atomic mass is 10.3. The minimum absolute atomic E-state index is 0.0319. The molecule has 15 heteroatoms. The van der Waals surface area contributed by atoms with Gasteiger partial charge in [0.1, 0.15) is 0 Å². The van der Waals surface area contributed by atoms with Gasteiger partial charge in [-0.05, 0) is 13.3 Å². The van der Waals surface area contributed by atoms with Gasteiger partial charge in [-0.1, -0.05) is 6.92 Å². The predicted molar refractivity (Wildman–Crippen MR) is 134 cm³/mol. The molecule has 226 valence electrons. The molecule has 0 amide bonds. The fraction of sp³-hybridized carbons (Fsp3) is 1.00. The third-order valence-electron chi connectivity index (χ3n) is 4.04. The second-order valence-corrected chi connectivity index (χ2v) is 8.06. The monoisotopic (exact) mass is 568 g/mol. The fourth-order valence-electron chi connectivity index (χ4n) is 2.13. The Hall–Kier alpha value is -0.530. The van der Waals surface area contributed by atoms with Crippen molar-refractivity contribution < 1.29 is 65.3 Å². The first kappa shape index (κ1) is 38.6. The van der Waals surface area contributed by atoms with Gasteiger partial charge in [0, 0.05) is 0 Å². The zero-order valence-electron chi connectivity index (χ0n) is 22.3. The molecule has 0 fully saturated rings. The molecule has 1 unspecified atom stereocenters. The summed E-state index contributed by atoms with van der Waals surface area (Å²) in [5, 5.41) is 8.54. The van der Waals surface area contributed by atoms with E-state index in [2.05, 4.69) is 13.8 Å². The molecule has 0 aromatic rings. The zero-order chi connectivity index (χ0) is 27.9. The van der Waals surface area contributed by atoms with Gasteiger partial charge in [-0.2, -0.15) is 8.42 Å². The van der Waals surface area contributed by atoms with Gasteiger partial charge in [0.05, 0.1) is 125 Å². The Kier molecular flexibility index (Phi) is 33.1. The molecule has 0 saturated heterocycles. The summed E-state index contributed by atoms with van der Waals surface area (Å²) in [6, 6.07) is 0. The Bertz CT molecular complexity index is 516. The van der Waals surface area contributed by atoms with Crippen LogP contribution >= 0.6 is 0 Å². The standard InChI is InChI=1S/C22H46O10.H2O4S/c1-3-22(2)32-21-20-31-19-18-30-17-16-29-15-14-28-13-12-27-11-10-26-9-8-25-7-6-24-5-4-23;1-5(2,3)4/h22-23H,3-21H2,1-2H3;(H2,1,2,3,4). The molecule has 0 aliphatic heterocycles. The summed E-state index contributed by atoms with van der Waals surface area (Å²) in [6.07, 6.45) is 1.30. The minimum Gasteiger partial charge on any atom is -0.394 e. The smallest absolute Gasteiger partial charge is 0.394 e. The first-order chi connectivity index (χ1) is 17.8. The van der Waals surface area contributed by atoms with Crippen molar-refractivity contribution >= 4 is 10.4 Å². The highest BCUT2D eigenvalue weighted by Gasteiger charge is 1.98. The number of ether oxygens (including phenoxy) is 9. The average molecular weight is 569 g/mol. The molecule has 1 atom stereocenters. The molecule has 0 radical (unpaired) electrons. The van der Waals surface area contributed by atoms with Crippen LogP contribution in [0.2, 0.25) is 0 Å². The van der Waals surface area contributed by atoms with Gasteiger partial charge >= 0.3 is 10.4 Å². The predicted octanol–water partition coefficient (Wildman–Crippen LogP) is 0.274. The molecular formula is C22H48O14S. The van der Waals surface area contributed by atoms with Gasteiger partial charge in [0.25, 0.3) is 0 Å². The Morgan fingerprint density at radius 1 is 0.514 bits per heavy atom. The highest BCUT2D eigenvalue weighted by molar-refractivity contribution is 7.79. The van der Waals surface area contributed by atoms with E-state index in [1.807, 2.05) is 0 Å². The van der Waals surface area contributed by atoms with Crippen molar-refractivity contribution in [3.8, 4) is 0 Å². The largest absolute Gasteiger partial charge is 0.394 e. The van der Waals surface area contributed by atoms with Crippen molar-refractivity contribution in [2.24, 2.45) is 0 Å².